The first kappa shape index (κ1) is 21.6. The molecule has 1 aromatic rings. The largest absolute Gasteiger partial charge is 0.370 e. The van der Waals surface area contributed by atoms with Gasteiger partial charge in [0.15, 0.2) is 0 Å². The molecule has 3 fully saturated rings. The van der Waals surface area contributed by atoms with Gasteiger partial charge in [-0.05, 0) is 56.7 Å². The van der Waals surface area contributed by atoms with Crippen molar-refractivity contribution in [1.29, 1.82) is 0 Å². The van der Waals surface area contributed by atoms with E-state index >= 15 is 0 Å². The third-order valence-corrected chi connectivity index (χ3v) is 8.72. The molecule has 0 unspecified atom stereocenters. The first-order valence-electron chi connectivity index (χ1n) is 11.8. The van der Waals surface area contributed by atoms with Crippen molar-refractivity contribution in [1.82, 2.24) is 9.62 Å². The molecule has 2 saturated heterocycles. The van der Waals surface area contributed by atoms with E-state index in [1.165, 1.54) is 19.3 Å². The molecule has 30 heavy (non-hydrogen) atoms. The summed E-state index contributed by atoms with van der Waals surface area (Å²) in [5, 5.41) is 3.18. The van der Waals surface area contributed by atoms with E-state index in [9.17, 15) is 13.2 Å². The normalized spacial score (nSPS) is 22.1. The highest BCUT2D eigenvalue weighted by Gasteiger charge is 2.32. The van der Waals surface area contributed by atoms with E-state index in [-0.39, 0.29) is 11.9 Å². The van der Waals surface area contributed by atoms with E-state index in [2.05, 4.69) is 10.2 Å². The Bertz CT molecular complexity index is 835. The Morgan fingerprint density at radius 3 is 2.10 bits per heavy atom. The molecule has 6 nitrogen and oxygen atoms in total. The molecule has 0 aromatic heterocycles. The summed E-state index contributed by atoms with van der Waals surface area (Å²) < 4.78 is 28.4. The summed E-state index contributed by atoms with van der Waals surface area (Å²) in [5.74, 6) is -0.147. The van der Waals surface area contributed by atoms with E-state index in [1.807, 2.05) is 6.07 Å². The summed E-state index contributed by atoms with van der Waals surface area (Å²) >= 11 is 0. The quantitative estimate of drug-likeness (QED) is 0.764. The Kier molecular flexibility index (Phi) is 6.98. The van der Waals surface area contributed by atoms with Crippen LogP contribution in [-0.4, -0.2) is 50.9 Å². The van der Waals surface area contributed by atoms with Gasteiger partial charge in [0.2, 0.25) is 10.0 Å². The van der Waals surface area contributed by atoms with Crippen LogP contribution >= 0.6 is 0 Å². The fourth-order valence-electron chi connectivity index (χ4n) is 5.02. The number of sulfonamides is 1. The number of carbonyl (C=O) groups is 1. The van der Waals surface area contributed by atoms with E-state index in [0.29, 0.717) is 23.5 Å². The van der Waals surface area contributed by atoms with Crippen molar-refractivity contribution < 1.29 is 13.2 Å². The molecule has 1 saturated carbocycles. The molecule has 0 radical (unpaired) electrons. The highest BCUT2D eigenvalue weighted by Crippen LogP contribution is 2.33. The average molecular weight is 434 g/mol. The lowest BCUT2D eigenvalue weighted by molar-refractivity contribution is 0.0930. The molecular weight excluding hydrogens is 398 g/mol. The molecular formula is C23H35N3O3S. The molecule has 2 heterocycles. The van der Waals surface area contributed by atoms with Crippen LogP contribution in [0.5, 0.6) is 0 Å². The van der Waals surface area contributed by atoms with Gasteiger partial charge in [0, 0.05) is 37.8 Å². The predicted molar refractivity (Wildman–Crippen MR) is 119 cm³/mol. The molecule has 7 heteroatoms. The van der Waals surface area contributed by atoms with Crippen LogP contribution in [-0.2, 0) is 10.0 Å². The number of hydrogen-bond donors (Lipinski definition) is 1. The van der Waals surface area contributed by atoms with Gasteiger partial charge in [-0.15, -0.1) is 0 Å². The second kappa shape index (κ2) is 9.69. The number of rotatable bonds is 5. The lowest BCUT2D eigenvalue weighted by atomic mass is 9.96. The third kappa shape index (κ3) is 4.83. The van der Waals surface area contributed by atoms with Crippen LogP contribution < -0.4 is 10.2 Å². The maximum atomic E-state index is 13.4. The second-order valence-electron chi connectivity index (χ2n) is 9.00. The Balaban J connectivity index is 1.60. The SMILES string of the molecule is O=C(NC1CCCCCCC1)c1ccc(N2CCCC2)c(S(=O)(=O)N2CCCC2)c1. The van der Waals surface area contributed by atoms with Crippen molar-refractivity contribution >= 4 is 21.6 Å². The van der Waals surface area contributed by atoms with Gasteiger partial charge in [-0.25, -0.2) is 8.42 Å². The number of carbonyl (C=O) groups excluding carboxylic acids is 1. The minimum atomic E-state index is -3.59. The molecule has 1 aromatic carbocycles. The molecule has 166 valence electrons. The highest BCUT2D eigenvalue weighted by molar-refractivity contribution is 7.89. The lowest BCUT2D eigenvalue weighted by Gasteiger charge is -2.25. The monoisotopic (exact) mass is 433 g/mol. The fraction of sp³-hybridized carbons (Fsp3) is 0.696. The first-order valence-corrected chi connectivity index (χ1v) is 13.2. The summed E-state index contributed by atoms with van der Waals surface area (Å²) in [6.07, 6.45) is 12.0. The van der Waals surface area contributed by atoms with Crippen LogP contribution in [0.2, 0.25) is 0 Å². The molecule has 1 N–H and O–H groups in total. The summed E-state index contributed by atoms with van der Waals surface area (Å²) in [6.45, 7) is 2.88. The van der Waals surface area contributed by atoms with Crippen LogP contribution in [0, 0.1) is 0 Å². The fourth-order valence-corrected chi connectivity index (χ4v) is 6.77. The van der Waals surface area contributed by atoms with Crippen molar-refractivity contribution in [3.8, 4) is 0 Å². The summed E-state index contributed by atoms with van der Waals surface area (Å²) in [4.78, 5) is 15.5. The first-order chi connectivity index (χ1) is 14.6. The van der Waals surface area contributed by atoms with Gasteiger partial charge < -0.3 is 10.2 Å². The van der Waals surface area contributed by atoms with Crippen molar-refractivity contribution in [3.63, 3.8) is 0 Å². The van der Waals surface area contributed by atoms with E-state index < -0.39 is 10.0 Å². The van der Waals surface area contributed by atoms with Gasteiger partial charge in [-0.2, -0.15) is 4.31 Å². The van der Waals surface area contributed by atoms with Crippen LogP contribution in [0.1, 0.15) is 81.0 Å². The van der Waals surface area contributed by atoms with Gasteiger partial charge in [-0.3, -0.25) is 4.79 Å². The van der Waals surface area contributed by atoms with Gasteiger partial charge in [-0.1, -0.05) is 32.1 Å². The number of nitrogens with one attached hydrogen (secondary N) is 1. The zero-order chi connectivity index (χ0) is 21.0. The Hall–Kier alpha value is -1.60. The molecule has 2 aliphatic heterocycles. The molecule has 0 atom stereocenters. The van der Waals surface area contributed by atoms with Crippen molar-refractivity contribution in [2.45, 2.75) is 81.6 Å². The molecule has 1 aliphatic carbocycles. The van der Waals surface area contributed by atoms with Gasteiger partial charge in [0.25, 0.3) is 5.91 Å². The summed E-state index contributed by atoms with van der Waals surface area (Å²) in [7, 11) is -3.59. The van der Waals surface area contributed by atoms with Gasteiger partial charge in [0.05, 0.1) is 5.69 Å². The number of hydrogen-bond acceptors (Lipinski definition) is 4. The zero-order valence-electron chi connectivity index (χ0n) is 17.9. The van der Waals surface area contributed by atoms with Crippen molar-refractivity contribution in [3.05, 3.63) is 23.8 Å². The van der Waals surface area contributed by atoms with Crippen LogP contribution in [0.3, 0.4) is 0 Å². The standard InChI is InChI=1S/C23H35N3O3S/c27-23(24-20-10-4-2-1-3-5-11-20)19-12-13-21(25-14-6-7-15-25)22(18-19)30(28,29)26-16-8-9-17-26/h12-13,18,20H,1-11,14-17H2,(H,24,27). The van der Waals surface area contributed by atoms with Crippen molar-refractivity contribution in [2.75, 3.05) is 31.1 Å². The smallest absolute Gasteiger partial charge is 0.251 e. The third-order valence-electron chi connectivity index (χ3n) is 6.79. The average Bonchev–Trinajstić information content (AvgIpc) is 3.44. The van der Waals surface area contributed by atoms with Crippen LogP contribution in [0.15, 0.2) is 23.1 Å². The molecule has 4 rings (SSSR count). The Morgan fingerprint density at radius 1 is 0.833 bits per heavy atom. The van der Waals surface area contributed by atoms with Crippen LogP contribution in [0.25, 0.3) is 0 Å². The molecule has 0 bridgehead atoms. The van der Waals surface area contributed by atoms with E-state index in [1.54, 1.807) is 16.4 Å². The molecule has 0 spiro atoms. The predicted octanol–water partition coefficient (Wildman–Crippen LogP) is 3.91. The molecule has 1 amide bonds. The molecule has 3 aliphatic rings. The second-order valence-corrected chi connectivity index (χ2v) is 10.9. The maximum Gasteiger partial charge on any atom is 0.251 e. The summed E-state index contributed by atoms with van der Waals surface area (Å²) in [6, 6.07) is 5.46. The van der Waals surface area contributed by atoms with E-state index in [4.69, 9.17) is 0 Å². The van der Waals surface area contributed by atoms with Crippen LogP contribution in [0.4, 0.5) is 5.69 Å². The maximum absolute atomic E-state index is 13.4. The lowest BCUT2D eigenvalue weighted by Crippen LogP contribution is -2.36. The number of amides is 1. The minimum Gasteiger partial charge on any atom is -0.370 e. The Morgan fingerprint density at radius 2 is 1.43 bits per heavy atom. The number of benzene rings is 1. The minimum absolute atomic E-state index is 0.147. The van der Waals surface area contributed by atoms with Gasteiger partial charge in [0.1, 0.15) is 4.90 Å². The highest BCUT2D eigenvalue weighted by atomic mass is 32.2. The number of nitrogens with zero attached hydrogens (tertiary/aromatic N) is 2. The topological polar surface area (TPSA) is 69.7 Å². The van der Waals surface area contributed by atoms with E-state index in [0.717, 1.165) is 70.1 Å². The summed E-state index contributed by atoms with van der Waals surface area (Å²) in [5.41, 5.74) is 1.21. The number of anilines is 1. The Labute approximate surface area is 181 Å². The van der Waals surface area contributed by atoms with Crippen molar-refractivity contribution in [2.24, 2.45) is 0 Å². The van der Waals surface area contributed by atoms with Gasteiger partial charge >= 0.3 is 0 Å². The zero-order valence-corrected chi connectivity index (χ0v) is 18.8.